The van der Waals surface area contributed by atoms with Gasteiger partial charge in [0.15, 0.2) is 22.5 Å². The average molecular weight is 485 g/mol. The molecule has 0 spiro atoms. The SMILES string of the molecule is COCCCn1c(SC(C)C(=O)Nc2c(C)cccc2C)nnc1-c1ccc(OC)c(OC)c1. The zero-order valence-electron chi connectivity index (χ0n) is 20.5. The summed E-state index contributed by atoms with van der Waals surface area (Å²) in [6, 6.07) is 11.6. The molecule has 2 aromatic carbocycles. The molecule has 0 saturated heterocycles. The summed E-state index contributed by atoms with van der Waals surface area (Å²) in [4.78, 5) is 13.0. The van der Waals surface area contributed by atoms with E-state index < -0.39 is 0 Å². The van der Waals surface area contributed by atoms with E-state index in [0.717, 1.165) is 28.8 Å². The summed E-state index contributed by atoms with van der Waals surface area (Å²) >= 11 is 1.38. The van der Waals surface area contributed by atoms with Crippen molar-refractivity contribution in [2.24, 2.45) is 0 Å². The molecular formula is C25H32N4O4S. The third kappa shape index (κ3) is 5.90. The maximum absolute atomic E-state index is 13.0. The number of aromatic nitrogens is 3. The summed E-state index contributed by atoms with van der Waals surface area (Å²) in [7, 11) is 4.88. The second-order valence-corrected chi connectivity index (χ2v) is 9.20. The zero-order chi connectivity index (χ0) is 24.7. The van der Waals surface area contributed by atoms with E-state index in [-0.39, 0.29) is 11.2 Å². The number of methoxy groups -OCH3 is 3. The lowest BCUT2D eigenvalue weighted by atomic mass is 10.1. The summed E-state index contributed by atoms with van der Waals surface area (Å²) in [5, 5.41) is 12.2. The van der Waals surface area contributed by atoms with Crippen LogP contribution < -0.4 is 14.8 Å². The largest absolute Gasteiger partial charge is 0.493 e. The van der Waals surface area contributed by atoms with Crippen molar-refractivity contribution in [3.63, 3.8) is 0 Å². The Morgan fingerprint density at radius 2 is 1.76 bits per heavy atom. The molecule has 1 unspecified atom stereocenters. The van der Waals surface area contributed by atoms with Crippen LogP contribution in [0.1, 0.15) is 24.5 Å². The molecule has 0 aliphatic rings. The van der Waals surface area contributed by atoms with Gasteiger partial charge in [-0.15, -0.1) is 10.2 Å². The Balaban J connectivity index is 1.86. The van der Waals surface area contributed by atoms with E-state index in [1.165, 1.54) is 11.8 Å². The fraction of sp³-hybridized carbons (Fsp3) is 0.400. The third-order valence-electron chi connectivity index (χ3n) is 5.47. The van der Waals surface area contributed by atoms with Crippen LogP contribution in [0.25, 0.3) is 11.4 Å². The van der Waals surface area contributed by atoms with Crippen molar-refractivity contribution in [1.82, 2.24) is 14.8 Å². The topological polar surface area (TPSA) is 87.5 Å². The van der Waals surface area contributed by atoms with E-state index in [9.17, 15) is 4.79 Å². The Kier molecular flexibility index (Phi) is 8.95. The van der Waals surface area contributed by atoms with Gasteiger partial charge >= 0.3 is 0 Å². The lowest BCUT2D eigenvalue weighted by Gasteiger charge is -2.16. The van der Waals surface area contributed by atoms with Gasteiger partial charge in [0.1, 0.15) is 0 Å². The molecule has 0 saturated carbocycles. The summed E-state index contributed by atoms with van der Waals surface area (Å²) in [5.41, 5.74) is 3.77. The van der Waals surface area contributed by atoms with Crippen molar-refractivity contribution in [1.29, 1.82) is 0 Å². The number of hydrogen-bond donors (Lipinski definition) is 1. The van der Waals surface area contributed by atoms with Crippen molar-refractivity contribution >= 4 is 23.4 Å². The maximum atomic E-state index is 13.0. The van der Waals surface area contributed by atoms with Crippen LogP contribution in [0.4, 0.5) is 5.69 Å². The molecule has 0 bridgehead atoms. The van der Waals surface area contributed by atoms with Gasteiger partial charge < -0.3 is 24.1 Å². The summed E-state index contributed by atoms with van der Waals surface area (Å²) in [6.07, 6.45) is 0.783. The minimum Gasteiger partial charge on any atom is -0.493 e. The molecular weight excluding hydrogens is 452 g/mol. The second kappa shape index (κ2) is 11.9. The van der Waals surface area contributed by atoms with E-state index in [2.05, 4.69) is 15.5 Å². The number of nitrogens with zero attached hydrogens (tertiary/aromatic N) is 3. The monoisotopic (exact) mass is 484 g/mol. The minimum atomic E-state index is -0.373. The van der Waals surface area contributed by atoms with E-state index in [1.807, 2.05) is 61.7 Å². The lowest BCUT2D eigenvalue weighted by Crippen LogP contribution is -2.24. The summed E-state index contributed by atoms with van der Waals surface area (Å²) in [5.74, 6) is 1.87. The van der Waals surface area contributed by atoms with Crippen LogP contribution in [0.15, 0.2) is 41.6 Å². The maximum Gasteiger partial charge on any atom is 0.237 e. The lowest BCUT2D eigenvalue weighted by molar-refractivity contribution is -0.115. The summed E-state index contributed by atoms with van der Waals surface area (Å²) in [6.45, 7) is 7.11. The Morgan fingerprint density at radius 3 is 2.41 bits per heavy atom. The summed E-state index contributed by atoms with van der Waals surface area (Å²) < 4.78 is 18.1. The van der Waals surface area contributed by atoms with E-state index in [4.69, 9.17) is 14.2 Å². The number of rotatable bonds is 11. The van der Waals surface area contributed by atoms with Gasteiger partial charge in [-0.25, -0.2) is 0 Å². The smallest absolute Gasteiger partial charge is 0.237 e. The number of para-hydroxylation sites is 1. The number of aryl methyl sites for hydroxylation is 2. The molecule has 8 nitrogen and oxygen atoms in total. The van der Waals surface area contributed by atoms with Gasteiger partial charge in [-0.2, -0.15) is 0 Å². The highest BCUT2D eigenvalue weighted by Gasteiger charge is 2.22. The predicted molar refractivity (Wildman–Crippen MR) is 135 cm³/mol. The molecule has 3 aromatic rings. The Hall–Kier alpha value is -3.04. The van der Waals surface area contributed by atoms with Gasteiger partial charge in [0.25, 0.3) is 0 Å². The molecule has 0 radical (unpaired) electrons. The number of thioether (sulfide) groups is 1. The Bertz CT molecular complexity index is 1110. The molecule has 182 valence electrons. The zero-order valence-corrected chi connectivity index (χ0v) is 21.4. The highest BCUT2D eigenvalue weighted by atomic mass is 32.2. The van der Waals surface area contributed by atoms with Crippen LogP contribution >= 0.6 is 11.8 Å². The fourth-order valence-corrected chi connectivity index (χ4v) is 4.46. The van der Waals surface area contributed by atoms with Gasteiger partial charge in [-0.05, 0) is 56.5 Å². The number of amides is 1. The number of carbonyl (C=O) groups excluding carboxylic acids is 1. The fourth-order valence-electron chi connectivity index (χ4n) is 3.58. The molecule has 1 atom stereocenters. The van der Waals surface area contributed by atoms with Crippen LogP contribution in [0.5, 0.6) is 11.5 Å². The first-order valence-electron chi connectivity index (χ1n) is 11.1. The van der Waals surface area contributed by atoms with E-state index in [1.54, 1.807) is 21.3 Å². The molecule has 0 fully saturated rings. The van der Waals surface area contributed by atoms with Crippen LogP contribution in [-0.2, 0) is 16.1 Å². The molecule has 9 heteroatoms. The highest BCUT2D eigenvalue weighted by molar-refractivity contribution is 8.00. The normalized spacial score (nSPS) is 11.8. The van der Waals surface area contributed by atoms with Gasteiger partial charge in [0.2, 0.25) is 5.91 Å². The Morgan fingerprint density at radius 1 is 1.06 bits per heavy atom. The quantitative estimate of drug-likeness (QED) is 0.311. The number of ether oxygens (including phenoxy) is 3. The van der Waals surface area contributed by atoms with E-state index in [0.29, 0.717) is 35.6 Å². The van der Waals surface area contributed by atoms with Gasteiger partial charge in [0.05, 0.1) is 19.5 Å². The average Bonchev–Trinajstić information content (AvgIpc) is 3.23. The number of benzene rings is 2. The molecule has 0 aliphatic carbocycles. The van der Waals surface area contributed by atoms with Crippen LogP contribution in [0, 0.1) is 13.8 Å². The van der Waals surface area contributed by atoms with Crippen molar-refractivity contribution in [2.45, 2.75) is 44.1 Å². The number of hydrogen-bond acceptors (Lipinski definition) is 7. The molecule has 3 rings (SSSR count). The predicted octanol–water partition coefficient (Wildman–Crippen LogP) is 4.73. The van der Waals surface area contributed by atoms with Crippen molar-refractivity contribution in [3.05, 3.63) is 47.5 Å². The number of anilines is 1. The van der Waals surface area contributed by atoms with Gasteiger partial charge in [-0.3, -0.25) is 4.79 Å². The first-order valence-corrected chi connectivity index (χ1v) is 12.0. The second-order valence-electron chi connectivity index (χ2n) is 7.89. The van der Waals surface area contributed by atoms with Crippen LogP contribution in [0.3, 0.4) is 0 Å². The van der Waals surface area contributed by atoms with Crippen LogP contribution in [-0.4, -0.2) is 53.9 Å². The van der Waals surface area contributed by atoms with Crippen LogP contribution in [0.2, 0.25) is 0 Å². The number of nitrogens with one attached hydrogen (secondary N) is 1. The highest BCUT2D eigenvalue weighted by Crippen LogP contribution is 2.34. The number of carbonyl (C=O) groups is 1. The first-order chi connectivity index (χ1) is 16.4. The molecule has 1 heterocycles. The van der Waals surface area contributed by atoms with Crippen molar-refractivity contribution < 1.29 is 19.0 Å². The van der Waals surface area contributed by atoms with Gasteiger partial charge in [-0.1, -0.05) is 30.0 Å². The molecule has 34 heavy (non-hydrogen) atoms. The molecule has 1 amide bonds. The van der Waals surface area contributed by atoms with Crippen molar-refractivity contribution in [3.8, 4) is 22.9 Å². The first kappa shape index (κ1) is 25.6. The Labute approximate surface area is 205 Å². The van der Waals surface area contributed by atoms with Crippen molar-refractivity contribution in [2.75, 3.05) is 33.3 Å². The van der Waals surface area contributed by atoms with Gasteiger partial charge in [0, 0.05) is 31.5 Å². The third-order valence-corrected chi connectivity index (χ3v) is 6.55. The molecule has 1 aromatic heterocycles. The molecule has 1 N–H and O–H groups in total. The molecule has 0 aliphatic heterocycles. The standard InChI is InChI=1S/C25H32N4O4S/c1-16-9-7-10-17(2)22(16)26-24(30)18(3)34-25-28-27-23(29(25)13-8-14-31-4)19-11-12-20(32-5)21(15-19)33-6/h7,9-12,15,18H,8,13-14H2,1-6H3,(H,26,30). The van der Waals surface area contributed by atoms with E-state index >= 15 is 0 Å². The minimum absolute atomic E-state index is 0.0819.